The first-order chi connectivity index (χ1) is 14.7. The van der Waals surface area contributed by atoms with Gasteiger partial charge in [-0.05, 0) is 48.5 Å². The van der Waals surface area contributed by atoms with Crippen molar-refractivity contribution in [1.29, 1.82) is 0 Å². The lowest BCUT2D eigenvalue weighted by molar-refractivity contribution is 0.278. The van der Waals surface area contributed by atoms with Crippen molar-refractivity contribution in [3.63, 3.8) is 0 Å². The fraction of sp³-hybridized carbons (Fsp3) is 0.0909. The number of anilines is 2. The zero-order valence-corrected chi connectivity index (χ0v) is 16.6. The minimum atomic E-state index is 0.0323. The quantitative estimate of drug-likeness (QED) is 0.356. The Morgan fingerprint density at radius 1 is 1.10 bits per heavy atom. The Kier molecular flexibility index (Phi) is 4.74. The number of aliphatic hydroxyl groups excluding tert-OH is 1. The van der Waals surface area contributed by atoms with Crippen LogP contribution in [0.25, 0.3) is 21.9 Å². The molecule has 3 N–H and O–H groups in total. The lowest BCUT2D eigenvalue weighted by atomic mass is 10.2. The van der Waals surface area contributed by atoms with E-state index in [2.05, 4.69) is 20.3 Å². The summed E-state index contributed by atoms with van der Waals surface area (Å²) < 4.78 is 7.88. The van der Waals surface area contributed by atoms with E-state index in [1.165, 1.54) is 6.33 Å². The third kappa shape index (κ3) is 3.45. The van der Waals surface area contributed by atoms with E-state index in [0.717, 1.165) is 27.6 Å². The number of halogens is 1. The molecule has 0 unspecified atom stereocenters. The first-order valence-corrected chi connectivity index (χ1v) is 9.81. The number of nitrogens with one attached hydrogen (secondary N) is 2. The van der Waals surface area contributed by atoms with Gasteiger partial charge in [0.05, 0.1) is 17.1 Å². The first-order valence-electron chi connectivity index (χ1n) is 9.43. The Bertz CT molecular complexity index is 1340. The number of rotatable bonds is 6. The van der Waals surface area contributed by atoms with Gasteiger partial charge in [0, 0.05) is 35.5 Å². The van der Waals surface area contributed by atoms with E-state index >= 15 is 0 Å². The third-order valence-corrected chi connectivity index (χ3v) is 5.13. The summed E-state index contributed by atoms with van der Waals surface area (Å²) >= 11 is 6.48. The summed E-state index contributed by atoms with van der Waals surface area (Å²) in [6.45, 7) is 0.495. The largest absolute Gasteiger partial charge is 0.456 e. The average Bonchev–Trinajstić information content (AvgIpc) is 3.38. The predicted molar refractivity (Wildman–Crippen MR) is 118 cm³/mol. The molecule has 5 rings (SSSR count). The molecule has 8 heteroatoms. The highest BCUT2D eigenvalue weighted by Gasteiger charge is 2.11. The highest BCUT2D eigenvalue weighted by Crippen LogP contribution is 2.34. The van der Waals surface area contributed by atoms with Crippen LogP contribution >= 0.6 is 11.6 Å². The van der Waals surface area contributed by atoms with Crippen LogP contribution in [0.4, 0.5) is 11.5 Å². The van der Waals surface area contributed by atoms with Crippen molar-refractivity contribution in [2.45, 2.75) is 6.54 Å². The van der Waals surface area contributed by atoms with Crippen LogP contribution in [-0.4, -0.2) is 31.2 Å². The molecule has 0 atom stereocenters. The highest BCUT2D eigenvalue weighted by molar-refractivity contribution is 6.32. The van der Waals surface area contributed by atoms with E-state index in [4.69, 9.17) is 16.3 Å². The van der Waals surface area contributed by atoms with E-state index in [1.54, 1.807) is 6.07 Å². The maximum atomic E-state index is 9.30. The van der Waals surface area contributed by atoms with Gasteiger partial charge in [-0.15, -0.1) is 0 Å². The maximum absolute atomic E-state index is 9.30. The van der Waals surface area contributed by atoms with Crippen molar-refractivity contribution in [3.05, 3.63) is 72.3 Å². The van der Waals surface area contributed by atoms with Gasteiger partial charge in [0.2, 0.25) is 0 Å². The fourth-order valence-electron chi connectivity index (χ4n) is 3.44. The monoisotopic (exact) mass is 419 g/mol. The summed E-state index contributed by atoms with van der Waals surface area (Å²) in [5, 5.41) is 14.1. The van der Waals surface area contributed by atoms with Crippen molar-refractivity contribution in [3.8, 4) is 11.5 Å². The number of aliphatic hydroxyl groups is 1. The van der Waals surface area contributed by atoms with E-state index in [9.17, 15) is 5.11 Å². The second-order valence-corrected chi connectivity index (χ2v) is 7.20. The lowest BCUT2D eigenvalue weighted by Gasteiger charge is -2.12. The minimum absolute atomic E-state index is 0.0323. The molecule has 0 fully saturated rings. The van der Waals surface area contributed by atoms with E-state index < -0.39 is 0 Å². The Labute approximate surface area is 176 Å². The summed E-state index contributed by atoms with van der Waals surface area (Å²) in [5.41, 5.74) is 3.44. The fourth-order valence-corrected chi connectivity index (χ4v) is 3.66. The van der Waals surface area contributed by atoms with Gasteiger partial charge >= 0.3 is 0 Å². The van der Waals surface area contributed by atoms with Gasteiger partial charge in [0.1, 0.15) is 23.3 Å². The number of hydrogen-bond acceptors (Lipinski definition) is 5. The number of ether oxygens (including phenoxy) is 1. The Morgan fingerprint density at radius 2 is 2.03 bits per heavy atom. The number of aromatic nitrogens is 4. The third-order valence-electron chi connectivity index (χ3n) is 4.84. The lowest BCUT2D eigenvalue weighted by Crippen LogP contribution is -2.04. The molecule has 3 heterocycles. The normalized spacial score (nSPS) is 11.3. The molecule has 150 valence electrons. The Hall–Kier alpha value is -3.55. The van der Waals surface area contributed by atoms with Gasteiger partial charge in [0.15, 0.2) is 5.82 Å². The molecule has 0 amide bonds. The molecular formula is C22H18ClN5O2. The first kappa shape index (κ1) is 18.5. The molecule has 3 aromatic heterocycles. The van der Waals surface area contributed by atoms with Crippen molar-refractivity contribution in [2.75, 3.05) is 11.9 Å². The summed E-state index contributed by atoms with van der Waals surface area (Å²) in [6, 6.07) is 15.2. The molecule has 30 heavy (non-hydrogen) atoms. The van der Waals surface area contributed by atoms with Crippen LogP contribution in [0.5, 0.6) is 11.5 Å². The molecule has 0 bridgehead atoms. The second-order valence-electron chi connectivity index (χ2n) is 6.79. The van der Waals surface area contributed by atoms with Crippen LogP contribution in [0.1, 0.15) is 0 Å². The number of hydrogen-bond donors (Lipinski definition) is 3. The van der Waals surface area contributed by atoms with Gasteiger partial charge in [-0.1, -0.05) is 11.6 Å². The zero-order valence-electron chi connectivity index (χ0n) is 15.8. The highest BCUT2D eigenvalue weighted by atomic mass is 35.5. The molecule has 0 aliphatic carbocycles. The summed E-state index contributed by atoms with van der Waals surface area (Å²) in [5.74, 6) is 1.92. The van der Waals surface area contributed by atoms with Crippen LogP contribution in [0, 0.1) is 0 Å². The van der Waals surface area contributed by atoms with Gasteiger partial charge in [-0.25, -0.2) is 9.97 Å². The number of fused-ring (bicyclic) bond motifs is 2. The van der Waals surface area contributed by atoms with Crippen molar-refractivity contribution >= 4 is 45.0 Å². The van der Waals surface area contributed by atoms with E-state index in [0.29, 0.717) is 28.9 Å². The van der Waals surface area contributed by atoms with Gasteiger partial charge in [-0.3, -0.25) is 0 Å². The molecule has 0 aliphatic rings. The van der Waals surface area contributed by atoms with Gasteiger partial charge in [0.25, 0.3) is 0 Å². The van der Waals surface area contributed by atoms with E-state index in [1.807, 2.05) is 59.4 Å². The molecule has 7 nitrogen and oxygen atoms in total. The summed E-state index contributed by atoms with van der Waals surface area (Å²) in [4.78, 5) is 11.8. The van der Waals surface area contributed by atoms with Crippen molar-refractivity contribution in [1.82, 2.24) is 19.5 Å². The Morgan fingerprint density at radius 3 is 2.90 bits per heavy atom. The molecule has 0 aliphatic heterocycles. The number of H-pyrrole nitrogens is 1. The number of benzene rings is 2. The van der Waals surface area contributed by atoms with Crippen LogP contribution in [-0.2, 0) is 6.54 Å². The van der Waals surface area contributed by atoms with E-state index in [-0.39, 0.29) is 6.61 Å². The molecule has 0 saturated carbocycles. The smallest absolute Gasteiger partial charge is 0.158 e. The Balaban J connectivity index is 1.41. The molecule has 0 spiro atoms. The maximum Gasteiger partial charge on any atom is 0.158 e. The van der Waals surface area contributed by atoms with Crippen LogP contribution < -0.4 is 10.1 Å². The molecule has 0 radical (unpaired) electrons. The predicted octanol–water partition coefficient (Wildman–Crippen LogP) is 5.09. The topological polar surface area (TPSA) is 88.0 Å². The summed E-state index contributed by atoms with van der Waals surface area (Å²) in [7, 11) is 0. The number of nitrogens with zero attached hydrogens (tertiary/aromatic N) is 3. The zero-order chi connectivity index (χ0) is 20.5. The van der Waals surface area contributed by atoms with Gasteiger partial charge in [-0.2, -0.15) is 0 Å². The molecule has 0 saturated heterocycles. The van der Waals surface area contributed by atoms with Crippen molar-refractivity contribution in [2.24, 2.45) is 0 Å². The van der Waals surface area contributed by atoms with Gasteiger partial charge < -0.3 is 24.7 Å². The van der Waals surface area contributed by atoms with Crippen LogP contribution in [0.3, 0.4) is 0 Å². The SMILES string of the molecule is OCCn1ccc2ncnc(Nc3ccc(Oc4ccc5[nH]ccc5c4)c(Cl)c3)c21. The summed E-state index contributed by atoms with van der Waals surface area (Å²) in [6.07, 6.45) is 5.28. The standard InChI is InChI=1S/C22H18ClN5O2/c23-17-12-15(27-22-21-19(25-13-26-22)6-8-28(21)9-10-29)1-4-20(17)30-16-2-3-18-14(11-16)5-7-24-18/h1-8,11-13,24,29H,9-10H2,(H,25,26,27). The van der Waals surface area contributed by atoms with Crippen LogP contribution in [0.2, 0.25) is 5.02 Å². The van der Waals surface area contributed by atoms with Crippen LogP contribution in [0.15, 0.2) is 67.3 Å². The minimum Gasteiger partial charge on any atom is -0.456 e. The second kappa shape index (κ2) is 7.70. The molecular weight excluding hydrogens is 402 g/mol. The van der Waals surface area contributed by atoms with Crippen molar-refractivity contribution < 1.29 is 9.84 Å². The number of aromatic amines is 1. The molecule has 2 aromatic carbocycles. The average molecular weight is 420 g/mol. The molecule has 5 aromatic rings.